The molecule has 2 amide bonds. The maximum atomic E-state index is 12.8. The van der Waals surface area contributed by atoms with Crippen molar-refractivity contribution in [3.05, 3.63) is 35.9 Å². The molecule has 1 heterocycles. The van der Waals surface area contributed by atoms with Gasteiger partial charge in [0, 0.05) is 6.04 Å². The minimum atomic E-state index is -0.555. The molecule has 4 heteroatoms. The lowest BCUT2D eigenvalue weighted by molar-refractivity contribution is -0.152. The minimum absolute atomic E-state index is 0.00278. The summed E-state index contributed by atoms with van der Waals surface area (Å²) in [5.74, 6) is -0.0572. The maximum absolute atomic E-state index is 12.8. The molecule has 0 radical (unpaired) electrons. The van der Waals surface area contributed by atoms with Crippen molar-refractivity contribution in [3.63, 3.8) is 0 Å². The fourth-order valence-corrected chi connectivity index (χ4v) is 2.70. The fourth-order valence-electron chi connectivity index (χ4n) is 2.70. The Morgan fingerprint density at radius 1 is 1.20 bits per heavy atom. The Labute approximate surface area is 120 Å². The van der Waals surface area contributed by atoms with Gasteiger partial charge in [-0.2, -0.15) is 0 Å². The lowest BCUT2D eigenvalue weighted by Crippen LogP contribution is -2.61. The number of amides is 2. The molecule has 2 rings (SSSR count). The molecule has 3 unspecified atom stereocenters. The number of benzene rings is 1. The molecule has 1 fully saturated rings. The lowest BCUT2D eigenvalue weighted by atomic mass is 9.97. The molecular weight excluding hydrogens is 252 g/mol. The van der Waals surface area contributed by atoms with Crippen LogP contribution >= 0.6 is 0 Å². The number of rotatable bonds is 4. The minimum Gasteiger partial charge on any atom is -0.339 e. The zero-order valence-electron chi connectivity index (χ0n) is 12.3. The molecule has 1 saturated heterocycles. The molecule has 1 aromatic rings. The average molecular weight is 274 g/mol. The largest absolute Gasteiger partial charge is 0.339 e. The van der Waals surface area contributed by atoms with Crippen LogP contribution in [0.4, 0.5) is 0 Å². The highest BCUT2D eigenvalue weighted by atomic mass is 16.2. The highest BCUT2D eigenvalue weighted by Gasteiger charge is 2.41. The van der Waals surface area contributed by atoms with Crippen molar-refractivity contribution >= 4 is 11.8 Å². The van der Waals surface area contributed by atoms with E-state index in [2.05, 4.69) is 5.32 Å². The number of nitrogens with one attached hydrogen (secondary N) is 1. The Balaban J connectivity index is 2.34. The molecule has 0 saturated carbocycles. The van der Waals surface area contributed by atoms with Crippen LogP contribution in [-0.4, -0.2) is 28.8 Å². The molecular formula is C16H22N2O2. The second-order valence-corrected chi connectivity index (χ2v) is 5.28. The van der Waals surface area contributed by atoms with Gasteiger partial charge in [-0.05, 0) is 25.3 Å². The van der Waals surface area contributed by atoms with E-state index in [1.54, 1.807) is 4.90 Å². The third kappa shape index (κ3) is 2.55. The molecule has 1 aromatic carbocycles. The van der Waals surface area contributed by atoms with Crippen LogP contribution in [0.2, 0.25) is 0 Å². The topological polar surface area (TPSA) is 49.4 Å². The van der Waals surface area contributed by atoms with Crippen LogP contribution in [0.15, 0.2) is 30.3 Å². The van der Waals surface area contributed by atoms with Gasteiger partial charge in [0.25, 0.3) is 5.91 Å². The predicted octanol–water partition coefficient (Wildman–Crippen LogP) is 2.26. The third-order valence-corrected chi connectivity index (χ3v) is 4.01. The first-order chi connectivity index (χ1) is 9.60. The maximum Gasteiger partial charge on any atom is 0.250 e. The molecule has 0 spiro atoms. The molecule has 0 bridgehead atoms. The van der Waals surface area contributed by atoms with Crippen LogP contribution in [0.25, 0.3) is 0 Å². The van der Waals surface area contributed by atoms with E-state index in [4.69, 9.17) is 0 Å². The van der Waals surface area contributed by atoms with Crippen LogP contribution < -0.4 is 5.32 Å². The normalized spacial score (nSPS) is 24.4. The number of carbonyl (C=O) groups excluding carboxylic acids is 2. The van der Waals surface area contributed by atoms with E-state index in [1.807, 2.05) is 51.1 Å². The number of nitrogens with zero attached hydrogens (tertiary/aromatic N) is 1. The summed E-state index contributed by atoms with van der Waals surface area (Å²) in [7, 11) is 0. The summed E-state index contributed by atoms with van der Waals surface area (Å²) in [4.78, 5) is 26.8. The average Bonchev–Trinajstić information content (AvgIpc) is 2.48. The standard InChI is InChI=1S/C16H22N2O2/c1-4-11(3)18-13(5-2)15(19)17-14(16(18)20)12-9-7-6-8-10-12/h6-11,13-14H,4-5H2,1-3H3,(H,17,19). The Morgan fingerprint density at radius 3 is 2.40 bits per heavy atom. The predicted molar refractivity (Wildman–Crippen MR) is 78.0 cm³/mol. The summed E-state index contributed by atoms with van der Waals surface area (Å²) in [5, 5.41) is 2.86. The van der Waals surface area contributed by atoms with Gasteiger partial charge in [0.15, 0.2) is 0 Å². The second-order valence-electron chi connectivity index (χ2n) is 5.28. The first-order valence-electron chi connectivity index (χ1n) is 7.27. The van der Waals surface area contributed by atoms with Gasteiger partial charge in [-0.3, -0.25) is 9.59 Å². The van der Waals surface area contributed by atoms with E-state index >= 15 is 0 Å². The van der Waals surface area contributed by atoms with Gasteiger partial charge >= 0.3 is 0 Å². The van der Waals surface area contributed by atoms with E-state index in [9.17, 15) is 9.59 Å². The van der Waals surface area contributed by atoms with Crippen molar-refractivity contribution in [2.45, 2.75) is 51.7 Å². The summed E-state index contributed by atoms with van der Waals surface area (Å²) in [6.45, 7) is 5.98. The molecule has 0 aliphatic carbocycles. The van der Waals surface area contributed by atoms with Crippen molar-refractivity contribution in [1.29, 1.82) is 0 Å². The van der Waals surface area contributed by atoms with Crippen LogP contribution in [-0.2, 0) is 9.59 Å². The highest BCUT2D eigenvalue weighted by molar-refractivity contribution is 5.97. The zero-order valence-corrected chi connectivity index (χ0v) is 12.3. The van der Waals surface area contributed by atoms with Gasteiger partial charge in [0.2, 0.25) is 5.91 Å². The van der Waals surface area contributed by atoms with Crippen LogP contribution in [0.3, 0.4) is 0 Å². The van der Waals surface area contributed by atoms with Gasteiger partial charge in [0.1, 0.15) is 12.1 Å². The summed E-state index contributed by atoms with van der Waals surface area (Å²) >= 11 is 0. The van der Waals surface area contributed by atoms with Crippen molar-refractivity contribution in [1.82, 2.24) is 10.2 Å². The van der Waals surface area contributed by atoms with Crippen molar-refractivity contribution in [2.24, 2.45) is 0 Å². The van der Waals surface area contributed by atoms with E-state index in [0.29, 0.717) is 6.42 Å². The van der Waals surface area contributed by atoms with E-state index < -0.39 is 6.04 Å². The van der Waals surface area contributed by atoms with Gasteiger partial charge < -0.3 is 10.2 Å². The van der Waals surface area contributed by atoms with Gasteiger partial charge in [0.05, 0.1) is 0 Å². The molecule has 0 aromatic heterocycles. The Kier molecular flexibility index (Phi) is 4.42. The number of carbonyl (C=O) groups is 2. The van der Waals surface area contributed by atoms with Crippen molar-refractivity contribution in [2.75, 3.05) is 0 Å². The first kappa shape index (κ1) is 14.6. The summed E-state index contributed by atoms with van der Waals surface area (Å²) < 4.78 is 0. The van der Waals surface area contributed by atoms with E-state index in [0.717, 1.165) is 12.0 Å². The molecule has 4 nitrogen and oxygen atoms in total. The van der Waals surface area contributed by atoms with Gasteiger partial charge in [-0.25, -0.2) is 0 Å². The van der Waals surface area contributed by atoms with E-state index in [-0.39, 0.29) is 23.9 Å². The smallest absolute Gasteiger partial charge is 0.250 e. The van der Waals surface area contributed by atoms with Gasteiger partial charge in [-0.1, -0.05) is 44.2 Å². The summed E-state index contributed by atoms with van der Waals surface area (Å²) in [6, 6.07) is 8.60. The highest BCUT2D eigenvalue weighted by Crippen LogP contribution is 2.26. The molecule has 1 N–H and O–H groups in total. The zero-order chi connectivity index (χ0) is 14.7. The number of piperazine rings is 1. The Morgan fingerprint density at radius 2 is 1.85 bits per heavy atom. The molecule has 1 aliphatic rings. The van der Waals surface area contributed by atoms with Crippen LogP contribution in [0, 0.1) is 0 Å². The lowest BCUT2D eigenvalue weighted by Gasteiger charge is -2.42. The third-order valence-electron chi connectivity index (χ3n) is 4.01. The summed E-state index contributed by atoms with van der Waals surface area (Å²) in [6.07, 6.45) is 1.49. The monoisotopic (exact) mass is 274 g/mol. The molecule has 1 aliphatic heterocycles. The Hall–Kier alpha value is -1.84. The molecule has 20 heavy (non-hydrogen) atoms. The number of hydrogen-bond donors (Lipinski definition) is 1. The molecule has 3 atom stereocenters. The first-order valence-corrected chi connectivity index (χ1v) is 7.27. The SMILES string of the molecule is CCC(C)N1C(=O)C(c2ccccc2)NC(=O)C1CC. The van der Waals surface area contributed by atoms with Crippen LogP contribution in [0.5, 0.6) is 0 Å². The molecule has 108 valence electrons. The Bertz CT molecular complexity index is 487. The fraction of sp³-hybridized carbons (Fsp3) is 0.500. The van der Waals surface area contributed by atoms with Crippen LogP contribution in [0.1, 0.15) is 45.2 Å². The quantitative estimate of drug-likeness (QED) is 0.915. The number of hydrogen-bond acceptors (Lipinski definition) is 2. The van der Waals surface area contributed by atoms with Gasteiger partial charge in [-0.15, -0.1) is 0 Å². The summed E-state index contributed by atoms with van der Waals surface area (Å²) in [5.41, 5.74) is 0.841. The van der Waals surface area contributed by atoms with Crippen molar-refractivity contribution < 1.29 is 9.59 Å². The van der Waals surface area contributed by atoms with Crippen molar-refractivity contribution in [3.8, 4) is 0 Å². The van der Waals surface area contributed by atoms with E-state index in [1.165, 1.54) is 0 Å². The second kappa shape index (κ2) is 6.07.